The van der Waals surface area contributed by atoms with Crippen LogP contribution < -0.4 is 5.32 Å². The quantitative estimate of drug-likeness (QED) is 0.792. The van der Waals surface area contributed by atoms with Crippen molar-refractivity contribution in [1.29, 1.82) is 0 Å². The van der Waals surface area contributed by atoms with Crippen molar-refractivity contribution in [3.63, 3.8) is 0 Å². The number of para-hydroxylation sites is 1. The number of anilines is 1. The van der Waals surface area contributed by atoms with Gasteiger partial charge in [-0.15, -0.1) is 11.3 Å². The van der Waals surface area contributed by atoms with Gasteiger partial charge in [0.25, 0.3) is 0 Å². The molecule has 1 N–H and O–H groups in total. The standard InChI is InChI=1S/C21H28N2OS/c1-12(2)16-7-6-8-17(13(3)4)20(16)23-21(24)15-9-10-18-19(11-15)25-14(5)22-18/h6-8,12-13,15H,9-11H2,1-5H3,(H,23,24). The largest absolute Gasteiger partial charge is 0.325 e. The summed E-state index contributed by atoms with van der Waals surface area (Å²) in [6.45, 7) is 10.8. The fraction of sp³-hybridized carbons (Fsp3) is 0.524. The Morgan fingerprint density at radius 3 is 2.44 bits per heavy atom. The third-order valence-electron chi connectivity index (χ3n) is 5.04. The first-order valence-electron chi connectivity index (χ1n) is 9.25. The molecule has 0 saturated carbocycles. The van der Waals surface area contributed by atoms with Gasteiger partial charge in [-0.1, -0.05) is 45.9 Å². The highest BCUT2D eigenvalue weighted by Crippen LogP contribution is 2.34. The molecule has 1 aromatic carbocycles. The summed E-state index contributed by atoms with van der Waals surface area (Å²) in [5.74, 6) is 0.978. The number of aryl methyl sites for hydroxylation is 2. The molecule has 1 aliphatic carbocycles. The summed E-state index contributed by atoms with van der Waals surface area (Å²) < 4.78 is 0. The van der Waals surface area contributed by atoms with E-state index in [0.29, 0.717) is 11.8 Å². The monoisotopic (exact) mass is 356 g/mol. The number of nitrogens with one attached hydrogen (secondary N) is 1. The van der Waals surface area contributed by atoms with Crippen LogP contribution in [0.4, 0.5) is 5.69 Å². The molecule has 0 bridgehead atoms. The zero-order valence-corrected chi connectivity index (χ0v) is 16.7. The number of nitrogens with zero attached hydrogens (tertiary/aromatic N) is 1. The first kappa shape index (κ1) is 18.1. The predicted octanol–water partition coefficient (Wildman–Crippen LogP) is 5.44. The lowest BCUT2D eigenvalue weighted by Crippen LogP contribution is -2.28. The molecule has 134 valence electrons. The predicted molar refractivity (Wildman–Crippen MR) is 106 cm³/mol. The zero-order chi connectivity index (χ0) is 18.1. The van der Waals surface area contributed by atoms with Gasteiger partial charge in [0.05, 0.1) is 10.7 Å². The Balaban J connectivity index is 1.84. The molecule has 4 heteroatoms. The van der Waals surface area contributed by atoms with Gasteiger partial charge in [-0.2, -0.15) is 0 Å². The van der Waals surface area contributed by atoms with Crippen molar-refractivity contribution in [2.24, 2.45) is 5.92 Å². The number of amides is 1. The van der Waals surface area contributed by atoms with E-state index in [-0.39, 0.29) is 11.8 Å². The minimum Gasteiger partial charge on any atom is -0.325 e. The molecule has 0 saturated heterocycles. The minimum absolute atomic E-state index is 0.0487. The maximum absolute atomic E-state index is 13.0. The summed E-state index contributed by atoms with van der Waals surface area (Å²) in [6.07, 6.45) is 2.64. The molecule has 25 heavy (non-hydrogen) atoms. The van der Waals surface area contributed by atoms with Crippen LogP contribution in [0.5, 0.6) is 0 Å². The highest BCUT2D eigenvalue weighted by atomic mass is 32.1. The lowest BCUT2D eigenvalue weighted by Gasteiger charge is -2.24. The summed E-state index contributed by atoms with van der Waals surface area (Å²) in [5, 5.41) is 4.40. The molecule has 0 radical (unpaired) electrons. The Hall–Kier alpha value is -1.68. The molecule has 0 aliphatic heterocycles. The van der Waals surface area contributed by atoms with Crippen LogP contribution in [0.2, 0.25) is 0 Å². The van der Waals surface area contributed by atoms with E-state index in [1.54, 1.807) is 11.3 Å². The molecule has 1 heterocycles. The Labute approximate surface area is 154 Å². The summed E-state index contributed by atoms with van der Waals surface area (Å²) in [4.78, 5) is 18.9. The molecular formula is C21H28N2OS. The van der Waals surface area contributed by atoms with E-state index in [0.717, 1.165) is 30.0 Å². The number of carbonyl (C=O) groups is 1. The fourth-order valence-electron chi connectivity index (χ4n) is 3.65. The molecule has 1 unspecified atom stereocenters. The van der Waals surface area contributed by atoms with E-state index in [4.69, 9.17) is 0 Å². The van der Waals surface area contributed by atoms with Crippen LogP contribution in [-0.4, -0.2) is 10.9 Å². The normalized spacial score (nSPS) is 17.0. The Bertz CT molecular complexity index is 750. The number of hydrogen-bond donors (Lipinski definition) is 1. The first-order chi connectivity index (χ1) is 11.9. The lowest BCUT2D eigenvalue weighted by atomic mass is 9.89. The van der Waals surface area contributed by atoms with Gasteiger partial charge in [-0.25, -0.2) is 4.98 Å². The maximum atomic E-state index is 13.0. The van der Waals surface area contributed by atoms with Crippen LogP contribution >= 0.6 is 11.3 Å². The average Bonchev–Trinajstić information content (AvgIpc) is 2.93. The van der Waals surface area contributed by atoms with Crippen LogP contribution in [0.25, 0.3) is 0 Å². The van der Waals surface area contributed by atoms with Gasteiger partial charge in [-0.3, -0.25) is 4.79 Å². The number of hydrogen-bond acceptors (Lipinski definition) is 3. The van der Waals surface area contributed by atoms with E-state index >= 15 is 0 Å². The first-order valence-corrected chi connectivity index (χ1v) is 10.1. The van der Waals surface area contributed by atoms with E-state index in [1.165, 1.54) is 21.7 Å². The van der Waals surface area contributed by atoms with Gasteiger partial charge < -0.3 is 5.32 Å². The highest BCUT2D eigenvalue weighted by Gasteiger charge is 2.28. The molecule has 1 atom stereocenters. The van der Waals surface area contributed by atoms with Crippen molar-refractivity contribution in [1.82, 2.24) is 4.98 Å². The summed E-state index contributed by atoms with van der Waals surface area (Å²) in [5.41, 5.74) is 4.69. The van der Waals surface area contributed by atoms with Gasteiger partial charge >= 0.3 is 0 Å². The fourth-order valence-corrected chi connectivity index (χ4v) is 4.71. The summed E-state index contributed by atoms with van der Waals surface area (Å²) in [6, 6.07) is 6.38. The van der Waals surface area contributed by atoms with E-state index < -0.39 is 0 Å². The molecule has 1 aromatic heterocycles. The number of thiazole rings is 1. The second kappa shape index (κ2) is 7.28. The van der Waals surface area contributed by atoms with E-state index in [9.17, 15) is 4.79 Å². The molecule has 2 aromatic rings. The smallest absolute Gasteiger partial charge is 0.227 e. The van der Waals surface area contributed by atoms with Crippen molar-refractivity contribution in [2.75, 3.05) is 5.32 Å². The summed E-state index contributed by atoms with van der Waals surface area (Å²) in [7, 11) is 0. The molecular weight excluding hydrogens is 328 g/mol. The number of fused-ring (bicyclic) bond motifs is 1. The van der Waals surface area contributed by atoms with Crippen LogP contribution in [0.15, 0.2) is 18.2 Å². The molecule has 0 fully saturated rings. The number of carbonyl (C=O) groups excluding carboxylic acids is 1. The molecule has 1 aliphatic rings. The highest BCUT2D eigenvalue weighted by molar-refractivity contribution is 7.11. The third kappa shape index (κ3) is 3.79. The average molecular weight is 357 g/mol. The van der Waals surface area contributed by atoms with Crippen molar-refractivity contribution < 1.29 is 4.79 Å². The summed E-state index contributed by atoms with van der Waals surface area (Å²) >= 11 is 1.74. The second-order valence-corrected chi connectivity index (χ2v) is 8.94. The van der Waals surface area contributed by atoms with Crippen LogP contribution in [-0.2, 0) is 17.6 Å². The Morgan fingerprint density at radius 1 is 1.20 bits per heavy atom. The zero-order valence-electron chi connectivity index (χ0n) is 15.8. The van der Waals surface area contributed by atoms with Gasteiger partial charge in [0.15, 0.2) is 0 Å². The van der Waals surface area contributed by atoms with Gasteiger partial charge in [-0.05, 0) is 49.1 Å². The van der Waals surface area contributed by atoms with Crippen LogP contribution in [0, 0.1) is 12.8 Å². The van der Waals surface area contributed by atoms with E-state index in [2.05, 4.69) is 56.2 Å². The molecule has 1 amide bonds. The van der Waals surface area contributed by atoms with Crippen molar-refractivity contribution in [3.05, 3.63) is 44.9 Å². The number of rotatable bonds is 4. The number of aromatic nitrogens is 1. The van der Waals surface area contributed by atoms with Crippen molar-refractivity contribution in [2.45, 2.75) is 65.7 Å². The molecule has 3 rings (SSSR count). The van der Waals surface area contributed by atoms with Crippen LogP contribution in [0.3, 0.4) is 0 Å². The molecule has 0 spiro atoms. The van der Waals surface area contributed by atoms with Gasteiger partial charge in [0, 0.05) is 16.5 Å². The lowest BCUT2D eigenvalue weighted by molar-refractivity contribution is -0.120. The third-order valence-corrected chi connectivity index (χ3v) is 6.07. The van der Waals surface area contributed by atoms with Crippen molar-refractivity contribution in [3.8, 4) is 0 Å². The van der Waals surface area contributed by atoms with Gasteiger partial charge in [0.1, 0.15) is 0 Å². The topological polar surface area (TPSA) is 42.0 Å². The maximum Gasteiger partial charge on any atom is 0.227 e. The second-order valence-electron chi connectivity index (χ2n) is 7.65. The number of benzene rings is 1. The van der Waals surface area contributed by atoms with Gasteiger partial charge in [0.2, 0.25) is 5.91 Å². The minimum atomic E-state index is 0.0487. The van der Waals surface area contributed by atoms with Crippen molar-refractivity contribution >= 4 is 22.9 Å². The van der Waals surface area contributed by atoms with E-state index in [1.807, 2.05) is 6.92 Å². The SMILES string of the molecule is Cc1nc2c(s1)CC(C(=O)Nc1c(C(C)C)cccc1C(C)C)CC2. The van der Waals surface area contributed by atoms with Crippen LogP contribution in [0.1, 0.15) is 72.7 Å². The Kier molecular flexibility index (Phi) is 5.28. The molecule has 3 nitrogen and oxygen atoms in total. The Morgan fingerprint density at radius 2 is 1.84 bits per heavy atom.